The van der Waals surface area contributed by atoms with Crippen molar-refractivity contribution in [3.63, 3.8) is 0 Å². The van der Waals surface area contributed by atoms with Gasteiger partial charge in [0.05, 0.1) is 6.54 Å². The summed E-state index contributed by atoms with van der Waals surface area (Å²) in [5, 5.41) is 2.42. The maximum Gasteiger partial charge on any atom is 0.401 e. The Morgan fingerprint density at radius 3 is 2.12 bits per heavy atom. The number of hydrogen-bond donors (Lipinski definition) is 2. The second-order valence-corrected chi connectivity index (χ2v) is 5.57. The Bertz CT molecular complexity index is 197. The van der Waals surface area contributed by atoms with Crippen molar-refractivity contribution < 1.29 is 13.2 Å². The van der Waals surface area contributed by atoms with Gasteiger partial charge in [-0.3, -0.25) is 0 Å². The van der Waals surface area contributed by atoms with Crippen LogP contribution in [-0.4, -0.2) is 25.8 Å². The average Bonchev–Trinajstić information content (AvgIpc) is 2.12. The Labute approximate surface area is 102 Å². The van der Waals surface area contributed by atoms with Crippen molar-refractivity contribution in [1.29, 1.82) is 0 Å². The van der Waals surface area contributed by atoms with E-state index in [1.54, 1.807) is 0 Å². The molecule has 0 amide bonds. The SMILES string of the molecule is CC(C)(C)C(CCN)CCCNCC(F)(F)F. The smallest absolute Gasteiger partial charge is 0.330 e. The molecule has 0 spiro atoms. The van der Waals surface area contributed by atoms with Gasteiger partial charge in [0.15, 0.2) is 0 Å². The summed E-state index contributed by atoms with van der Waals surface area (Å²) in [4.78, 5) is 0. The van der Waals surface area contributed by atoms with Crippen LogP contribution < -0.4 is 11.1 Å². The number of rotatable bonds is 7. The van der Waals surface area contributed by atoms with Crippen LogP contribution in [0, 0.1) is 11.3 Å². The number of nitrogens with one attached hydrogen (secondary N) is 1. The fraction of sp³-hybridized carbons (Fsp3) is 1.00. The zero-order chi connectivity index (χ0) is 13.5. The molecule has 1 unspecified atom stereocenters. The first-order chi connectivity index (χ1) is 7.67. The minimum absolute atomic E-state index is 0.170. The summed E-state index contributed by atoms with van der Waals surface area (Å²) < 4.78 is 35.6. The second-order valence-electron chi connectivity index (χ2n) is 5.57. The molecule has 0 aromatic carbocycles. The van der Waals surface area contributed by atoms with Crippen LogP contribution in [0.2, 0.25) is 0 Å². The van der Waals surface area contributed by atoms with E-state index in [2.05, 4.69) is 26.1 Å². The average molecular weight is 254 g/mol. The second kappa shape index (κ2) is 7.21. The maximum absolute atomic E-state index is 11.9. The van der Waals surface area contributed by atoms with E-state index in [0.29, 0.717) is 19.0 Å². The molecule has 17 heavy (non-hydrogen) atoms. The van der Waals surface area contributed by atoms with Gasteiger partial charge in [0.25, 0.3) is 0 Å². The van der Waals surface area contributed by atoms with E-state index in [9.17, 15) is 13.2 Å². The van der Waals surface area contributed by atoms with Gasteiger partial charge in [-0.2, -0.15) is 13.2 Å². The van der Waals surface area contributed by atoms with Crippen molar-refractivity contribution in [2.75, 3.05) is 19.6 Å². The first-order valence-electron chi connectivity index (χ1n) is 6.14. The minimum Gasteiger partial charge on any atom is -0.330 e. The summed E-state index contributed by atoms with van der Waals surface area (Å²) in [6.45, 7) is 6.60. The van der Waals surface area contributed by atoms with Crippen molar-refractivity contribution in [1.82, 2.24) is 5.32 Å². The molecule has 0 aliphatic heterocycles. The van der Waals surface area contributed by atoms with Gasteiger partial charge in [-0.15, -0.1) is 0 Å². The van der Waals surface area contributed by atoms with Crippen LogP contribution in [0.1, 0.15) is 40.0 Å². The van der Waals surface area contributed by atoms with Gasteiger partial charge in [0, 0.05) is 0 Å². The third-order valence-corrected chi connectivity index (χ3v) is 2.97. The lowest BCUT2D eigenvalue weighted by Crippen LogP contribution is -2.30. The van der Waals surface area contributed by atoms with E-state index in [4.69, 9.17) is 5.73 Å². The maximum atomic E-state index is 11.9. The third kappa shape index (κ3) is 9.41. The van der Waals surface area contributed by atoms with Crippen molar-refractivity contribution in [2.45, 2.75) is 46.2 Å². The van der Waals surface area contributed by atoms with Crippen LogP contribution in [0.4, 0.5) is 13.2 Å². The van der Waals surface area contributed by atoms with Crippen LogP contribution in [0.15, 0.2) is 0 Å². The predicted molar refractivity (Wildman–Crippen MR) is 64.8 cm³/mol. The number of alkyl halides is 3. The highest BCUT2D eigenvalue weighted by atomic mass is 19.4. The summed E-state index contributed by atoms with van der Waals surface area (Å²) >= 11 is 0. The first-order valence-corrected chi connectivity index (χ1v) is 6.14. The van der Waals surface area contributed by atoms with Crippen LogP contribution in [0.25, 0.3) is 0 Å². The Hall–Kier alpha value is -0.290. The summed E-state index contributed by atoms with van der Waals surface area (Å²) in [5.74, 6) is 0.472. The van der Waals surface area contributed by atoms with E-state index in [-0.39, 0.29) is 5.41 Å². The highest BCUT2D eigenvalue weighted by molar-refractivity contribution is 4.74. The zero-order valence-electron chi connectivity index (χ0n) is 11.0. The van der Waals surface area contributed by atoms with Crippen molar-refractivity contribution >= 4 is 0 Å². The molecule has 0 aromatic rings. The molecule has 0 saturated heterocycles. The van der Waals surface area contributed by atoms with Gasteiger partial charge in [0.2, 0.25) is 0 Å². The van der Waals surface area contributed by atoms with Gasteiger partial charge >= 0.3 is 6.18 Å². The van der Waals surface area contributed by atoms with Crippen molar-refractivity contribution in [3.05, 3.63) is 0 Å². The van der Waals surface area contributed by atoms with Gasteiger partial charge in [-0.1, -0.05) is 20.8 Å². The number of hydrogen-bond acceptors (Lipinski definition) is 2. The van der Waals surface area contributed by atoms with Crippen molar-refractivity contribution in [3.8, 4) is 0 Å². The lowest BCUT2D eigenvalue weighted by molar-refractivity contribution is -0.124. The molecule has 0 saturated carbocycles. The Morgan fingerprint density at radius 2 is 1.71 bits per heavy atom. The number of nitrogens with two attached hydrogens (primary N) is 1. The lowest BCUT2D eigenvalue weighted by Gasteiger charge is -2.30. The lowest BCUT2D eigenvalue weighted by atomic mass is 9.76. The molecule has 0 rings (SSSR count). The van der Waals surface area contributed by atoms with Gasteiger partial charge in [-0.25, -0.2) is 0 Å². The van der Waals surface area contributed by atoms with Gasteiger partial charge in [0.1, 0.15) is 0 Å². The first kappa shape index (κ1) is 16.7. The molecule has 0 aliphatic rings. The Morgan fingerprint density at radius 1 is 1.12 bits per heavy atom. The van der Waals surface area contributed by atoms with Crippen LogP contribution in [-0.2, 0) is 0 Å². The molecule has 5 heteroatoms. The predicted octanol–water partition coefficient (Wildman–Crippen LogP) is 2.93. The highest BCUT2D eigenvalue weighted by Crippen LogP contribution is 2.31. The highest BCUT2D eigenvalue weighted by Gasteiger charge is 2.26. The van der Waals surface area contributed by atoms with Crippen LogP contribution >= 0.6 is 0 Å². The van der Waals surface area contributed by atoms with E-state index < -0.39 is 12.7 Å². The van der Waals surface area contributed by atoms with Crippen LogP contribution in [0.5, 0.6) is 0 Å². The molecule has 0 fully saturated rings. The molecule has 0 bridgehead atoms. The fourth-order valence-electron chi connectivity index (χ4n) is 1.92. The van der Waals surface area contributed by atoms with E-state index in [0.717, 1.165) is 19.3 Å². The molecular weight excluding hydrogens is 229 g/mol. The molecule has 0 radical (unpaired) electrons. The standard InChI is InChI=1S/C12H25F3N2/c1-11(2,3)10(6-7-16)5-4-8-17-9-12(13,14)15/h10,17H,4-9,16H2,1-3H3. The Kier molecular flexibility index (Phi) is 7.09. The molecule has 1 atom stereocenters. The minimum atomic E-state index is -4.11. The molecule has 0 aliphatic carbocycles. The van der Waals surface area contributed by atoms with Gasteiger partial charge in [-0.05, 0) is 43.7 Å². The molecule has 0 heterocycles. The molecular formula is C12H25F3N2. The molecule has 104 valence electrons. The molecule has 3 N–H and O–H groups in total. The van der Waals surface area contributed by atoms with E-state index in [1.165, 1.54) is 0 Å². The third-order valence-electron chi connectivity index (χ3n) is 2.97. The molecule has 0 aromatic heterocycles. The topological polar surface area (TPSA) is 38.0 Å². The van der Waals surface area contributed by atoms with Crippen molar-refractivity contribution in [2.24, 2.45) is 17.1 Å². The largest absolute Gasteiger partial charge is 0.401 e. The summed E-state index contributed by atoms with van der Waals surface area (Å²) in [6.07, 6.45) is -1.49. The van der Waals surface area contributed by atoms with Gasteiger partial charge < -0.3 is 11.1 Å². The molecule has 2 nitrogen and oxygen atoms in total. The quantitative estimate of drug-likeness (QED) is 0.686. The summed E-state index contributed by atoms with van der Waals surface area (Å²) in [7, 11) is 0. The summed E-state index contributed by atoms with van der Waals surface area (Å²) in [6, 6.07) is 0. The van der Waals surface area contributed by atoms with E-state index >= 15 is 0 Å². The van der Waals surface area contributed by atoms with E-state index in [1.807, 2.05) is 0 Å². The zero-order valence-corrected chi connectivity index (χ0v) is 11.0. The summed E-state index contributed by atoms with van der Waals surface area (Å²) in [5.41, 5.74) is 5.72. The monoisotopic (exact) mass is 254 g/mol. The Balaban J connectivity index is 3.77. The number of halogens is 3. The fourth-order valence-corrected chi connectivity index (χ4v) is 1.92. The van der Waals surface area contributed by atoms with Crippen LogP contribution in [0.3, 0.4) is 0 Å². The normalized spacial score (nSPS) is 15.0.